The molecule has 1 fully saturated rings. The first kappa shape index (κ1) is 14.4. The Morgan fingerprint density at radius 2 is 2.26 bits per heavy atom. The van der Waals surface area contributed by atoms with Crippen LogP contribution in [0.4, 0.5) is 0 Å². The van der Waals surface area contributed by atoms with Crippen molar-refractivity contribution >= 4 is 0 Å². The smallest absolute Gasteiger partial charge is 0.229 e. The molecule has 1 aliphatic rings. The van der Waals surface area contributed by atoms with E-state index in [1.807, 2.05) is 13.8 Å². The maximum absolute atomic E-state index is 6.19. The number of ether oxygens (including phenoxy) is 2. The third-order valence-corrected chi connectivity index (χ3v) is 3.31. The highest BCUT2D eigenvalue weighted by atomic mass is 16.5. The van der Waals surface area contributed by atoms with Crippen LogP contribution in [0.2, 0.25) is 0 Å². The molecule has 1 atom stereocenters. The van der Waals surface area contributed by atoms with Gasteiger partial charge in [0.05, 0.1) is 25.7 Å². The molecule has 19 heavy (non-hydrogen) atoms. The monoisotopic (exact) mass is 269 g/mol. The summed E-state index contributed by atoms with van der Waals surface area (Å²) in [5.41, 5.74) is 5.49. The van der Waals surface area contributed by atoms with E-state index < -0.39 is 5.54 Å². The molecule has 6 nitrogen and oxygen atoms in total. The average molecular weight is 269 g/mol. The van der Waals surface area contributed by atoms with E-state index in [-0.39, 0.29) is 0 Å². The Bertz CT molecular complexity index is 388. The summed E-state index contributed by atoms with van der Waals surface area (Å²) in [6.07, 6.45) is 4.47. The lowest BCUT2D eigenvalue weighted by atomic mass is 9.95. The largest absolute Gasteiger partial charge is 0.381 e. The van der Waals surface area contributed by atoms with Gasteiger partial charge in [-0.25, -0.2) is 0 Å². The molecule has 1 aliphatic carbocycles. The van der Waals surface area contributed by atoms with E-state index in [0.717, 1.165) is 12.8 Å². The quantitative estimate of drug-likeness (QED) is 0.718. The maximum Gasteiger partial charge on any atom is 0.229 e. The van der Waals surface area contributed by atoms with Gasteiger partial charge in [-0.05, 0) is 33.1 Å². The molecule has 0 bridgehead atoms. The molecule has 2 N–H and O–H groups in total. The molecule has 0 saturated heterocycles. The Kier molecular flexibility index (Phi) is 4.90. The number of nitrogens with zero attached hydrogens (tertiary/aromatic N) is 2. The highest BCUT2D eigenvalue weighted by Crippen LogP contribution is 2.24. The van der Waals surface area contributed by atoms with Gasteiger partial charge in [-0.3, -0.25) is 0 Å². The van der Waals surface area contributed by atoms with Crippen LogP contribution in [0.1, 0.15) is 44.8 Å². The Hall–Kier alpha value is -0.980. The molecule has 0 aliphatic heterocycles. The molecular weight excluding hydrogens is 246 g/mol. The molecule has 1 heterocycles. The van der Waals surface area contributed by atoms with Crippen molar-refractivity contribution < 1.29 is 14.0 Å². The van der Waals surface area contributed by atoms with Crippen LogP contribution in [0.5, 0.6) is 0 Å². The molecule has 2 rings (SSSR count). The zero-order valence-electron chi connectivity index (χ0n) is 11.7. The second-order valence-corrected chi connectivity index (χ2v) is 5.24. The molecule has 1 saturated carbocycles. The lowest BCUT2D eigenvalue weighted by molar-refractivity contribution is -0.0222. The van der Waals surface area contributed by atoms with Crippen molar-refractivity contribution in [2.45, 2.75) is 51.2 Å². The van der Waals surface area contributed by atoms with Crippen LogP contribution >= 0.6 is 0 Å². The van der Waals surface area contributed by atoms with Gasteiger partial charge in [0, 0.05) is 6.61 Å². The van der Waals surface area contributed by atoms with Crippen LogP contribution < -0.4 is 5.73 Å². The van der Waals surface area contributed by atoms with Crippen molar-refractivity contribution in [2.24, 2.45) is 5.73 Å². The third kappa shape index (κ3) is 3.99. The minimum atomic E-state index is -0.705. The topological polar surface area (TPSA) is 83.4 Å². The molecule has 108 valence electrons. The summed E-state index contributed by atoms with van der Waals surface area (Å²) in [7, 11) is 0. The maximum atomic E-state index is 6.19. The van der Waals surface area contributed by atoms with Gasteiger partial charge >= 0.3 is 0 Å². The summed E-state index contributed by atoms with van der Waals surface area (Å²) >= 11 is 0. The van der Waals surface area contributed by atoms with Crippen molar-refractivity contribution in [1.29, 1.82) is 0 Å². The predicted octanol–water partition coefficient (Wildman–Crippen LogP) is 1.39. The van der Waals surface area contributed by atoms with Crippen molar-refractivity contribution in [3.8, 4) is 0 Å². The van der Waals surface area contributed by atoms with Gasteiger partial charge in [-0.2, -0.15) is 4.98 Å². The minimum absolute atomic E-state index is 0.354. The fourth-order valence-electron chi connectivity index (χ4n) is 1.79. The zero-order valence-corrected chi connectivity index (χ0v) is 11.7. The summed E-state index contributed by atoms with van der Waals surface area (Å²) in [5, 5.41) is 3.94. The molecular formula is C13H23N3O3. The number of nitrogens with two attached hydrogens (primary N) is 1. The van der Waals surface area contributed by atoms with Crippen LogP contribution in [0, 0.1) is 0 Å². The molecule has 1 aromatic rings. The fraction of sp³-hybridized carbons (Fsp3) is 0.846. The number of rotatable bonds is 8. The fourth-order valence-corrected chi connectivity index (χ4v) is 1.79. The summed E-state index contributed by atoms with van der Waals surface area (Å²) in [6.45, 7) is 5.50. The minimum Gasteiger partial charge on any atom is -0.381 e. The van der Waals surface area contributed by atoms with Crippen LogP contribution in [0.3, 0.4) is 0 Å². The number of hydrogen-bond donors (Lipinski definition) is 1. The molecule has 0 radical (unpaired) electrons. The van der Waals surface area contributed by atoms with E-state index in [2.05, 4.69) is 10.1 Å². The van der Waals surface area contributed by atoms with Crippen molar-refractivity contribution in [3.63, 3.8) is 0 Å². The first-order chi connectivity index (χ1) is 9.12. The predicted molar refractivity (Wildman–Crippen MR) is 69.6 cm³/mol. The van der Waals surface area contributed by atoms with E-state index >= 15 is 0 Å². The van der Waals surface area contributed by atoms with Crippen LogP contribution in [0.15, 0.2) is 4.52 Å². The Balaban J connectivity index is 1.84. The van der Waals surface area contributed by atoms with E-state index in [4.69, 9.17) is 19.7 Å². The molecule has 0 aromatic carbocycles. The van der Waals surface area contributed by atoms with Gasteiger partial charge in [0.25, 0.3) is 0 Å². The van der Waals surface area contributed by atoms with Gasteiger partial charge in [0.15, 0.2) is 5.82 Å². The van der Waals surface area contributed by atoms with Crippen LogP contribution in [-0.4, -0.2) is 36.1 Å². The van der Waals surface area contributed by atoms with Gasteiger partial charge in [0.1, 0.15) is 5.54 Å². The normalized spacial score (nSPS) is 19.1. The first-order valence-corrected chi connectivity index (χ1v) is 6.93. The molecule has 0 amide bonds. The lowest BCUT2D eigenvalue weighted by Crippen LogP contribution is -2.41. The number of aromatic nitrogens is 2. The first-order valence-electron chi connectivity index (χ1n) is 6.93. The van der Waals surface area contributed by atoms with Crippen molar-refractivity contribution in [2.75, 3.05) is 19.8 Å². The van der Waals surface area contributed by atoms with Gasteiger partial charge in [-0.15, -0.1) is 0 Å². The molecule has 1 unspecified atom stereocenters. The summed E-state index contributed by atoms with van der Waals surface area (Å²) in [6, 6.07) is 0. The van der Waals surface area contributed by atoms with E-state index in [0.29, 0.717) is 44.1 Å². The van der Waals surface area contributed by atoms with Crippen molar-refractivity contribution in [1.82, 2.24) is 10.1 Å². The Morgan fingerprint density at radius 3 is 2.89 bits per heavy atom. The van der Waals surface area contributed by atoms with E-state index in [1.165, 1.54) is 6.42 Å². The number of hydrogen-bond acceptors (Lipinski definition) is 6. The van der Waals surface area contributed by atoms with E-state index in [9.17, 15) is 0 Å². The summed E-state index contributed by atoms with van der Waals surface area (Å²) in [5.74, 6) is 1.06. The standard InChI is InChI=1S/C13H23N3O3/c1-3-17-8-7-11-15-12(16-19-11)13(2,14)9-18-10-5-4-6-10/h10H,3-9,14H2,1-2H3. The van der Waals surface area contributed by atoms with Gasteiger partial charge in [-0.1, -0.05) is 5.16 Å². The second kappa shape index (κ2) is 6.45. The SMILES string of the molecule is CCOCCc1nc(C(C)(N)COC2CCC2)no1. The lowest BCUT2D eigenvalue weighted by Gasteiger charge is -2.29. The highest BCUT2D eigenvalue weighted by Gasteiger charge is 2.30. The van der Waals surface area contributed by atoms with Gasteiger partial charge in [0.2, 0.25) is 5.89 Å². The van der Waals surface area contributed by atoms with Gasteiger partial charge < -0.3 is 19.7 Å². The molecule has 6 heteroatoms. The van der Waals surface area contributed by atoms with Crippen molar-refractivity contribution in [3.05, 3.63) is 11.7 Å². The van der Waals surface area contributed by atoms with Crippen LogP contribution in [-0.2, 0) is 21.4 Å². The zero-order chi connectivity index (χ0) is 13.7. The van der Waals surface area contributed by atoms with E-state index in [1.54, 1.807) is 0 Å². The second-order valence-electron chi connectivity index (χ2n) is 5.24. The molecule has 0 spiro atoms. The van der Waals surface area contributed by atoms with Crippen LogP contribution in [0.25, 0.3) is 0 Å². The Morgan fingerprint density at radius 1 is 1.47 bits per heavy atom. The Labute approximate surface area is 113 Å². The highest BCUT2D eigenvalue weighted by molar-refractivity contribution is 5.02. The summed E-state index contributed by atoms with van der Waals surface area (Å²) < 4.78 is 16.2. The third-order valence-electron chi connectivity index (χ3n) is 3.31. The average Bonchev–Trinajstić information content (AvgIpc) is 2.76. The summed E-state index contributed by atoms with van der Waals surface area (Å²) in [4.78, 5) is 4.31. The molecule has 1 aromatic heterocycles.